The van der Waals surface area contributed by atoms with Crippen LogP contribution in [0.15, 0.2) is 0 Å². The Kier molecular flexibility index (Phi) is 5.15. The second-order valence-corrected chi connectivity index (χ2v) is 7.11. The fourth-order valence-corrected chi connectivity index (χ4v) is 4.24. The number of aromatic nitrogens is 2. The van der Waals surface area contributed by atoms with Gasteiger partial charge in [0, 0.05) is 30.9 Å². The van der Waals surface area contributed by atoms with Crippen molar-refractivity contribution in [3.05, 3.63) is 17.0 Å². The number of rotatable bonds is 5. The normalized spacial score (nSPS) is 20.1. The zero-order chi connectivity index (χ0) is 14.8. The van der Waals surface area contributed by atoms with Gasteiger partial charge >= 0.3 is 0 Å². The fraction of sp³-hybridized carbons (Fsp3) is 0.800. The second-order valence-electron chi connectivity index (χ2n) is 5.89. The van der Waals surface area contributed by atoms with Crippen LogP contribution in [0.5, 0.6) is 0 Å². The fourth-order valence-electron chi connectivity index (χ4n) is 2.99. The van der Waals surface area contributed by atoms with Crippen molar-refractivity contribution < 1.29 is 5.11 Å². The summed E-state index contributed by atoms with van der Waals surface area (Å²) < 4.78 is 1.95. The van der Waals surface area contributed by atoms with E-state index < -0.39 is 5.60 Å². The number of aliphatic hydroxyl groups is 1. The van der Waals surface area contributed by atoms with Crippen molar-refractivity contribution in [2.75, 3.05) is 18.1 Å². The lowest BCUT2D eigenvalue weighted by Crippen LogP contribution is -2.44. The van der Waals surface area contributed by atoms with Crippen LogP contribution in [-0.2, 0) is 7.05 Å². The highest BCUT2D eigenvalue weighted by Crippen LogP contribution is 2.28. The van der Waals surface area contributed by atoms with E-state index in [0.29, 0.717) is 6.54 Å². The Balaban J connectivity index is 2.05. The molecule has 5 heteroatoms. The van der Waals surface area contributed by atoms with Gasteiger partial charge in [-0.3, -0.25) is 4.68 Å². The van der Waals surface area contributed by atoms with Crippen LogP contribution in [-0.4, -0.2) is 38.5 Å². The molecule has 0 aliphatic carbocycles. The molecule has 1 aliphatic heterocycles. The number of hydrogen-bond donors (Lipinski definition) is 2. The first-order valence-corrected chi connectivity index (χ1v) is 8.66. The highest BCUT2D eigenvalue weighted by molar-refractivity contribution is 7.99. The van der Waals surface area contributed by atoms with E-state index in [9.17, 15) is 5.11 Å². The average Bonchev–Trinajstić information content (AvgIpc) is 2.67. The van der Waals surface area contributed by atoms with Crippen LogP contribution in [0.2, 0.25) is 0 Å². The Morgan fingerprint density at radius 1 is 1.40 bits per heavy atom. The predicted octanol–water partition coefficient (Wildman–Crippen LogP) is 2.34. The lowest BCUT2D eigenvalue weighted by molar-refractivity contribution is 0.0293. The summed E-state index contributed by atoms with van der Waals surface area (Å²) >= 11 is 1.94. The zero-order valence-electron chi connectivity index (χ0n) is 13.1. The van der Waals surface area contributed by atoms with E-state index in [1.165, 1.54) is 11.3 Å². The van der Waals surface area contributed by atoms with E-state index in [1.54, 1.807) is 0 Å². The van der Waals surface area contributed by atoms with Gasteiger partial charge in [-0.05, 0) is 44.6 Å². The number of aryl methyl sites for hydroxylation is 2. The van der Waals surface area contributed by atoms with Crippen LogP contribution in [0.25, 0.3) is 0 Å². The summed E-state index contributed by atoms with van der Waals surface area (Å²) in [6.45, 7) is 7.05. The van der Waals surface area contributed by atoms with Gasteiger partial charge < -0.3 is 10.4 Å². The molecule has 1 saturated heterocycles. The Bertz CT molecular complexity index is 452. The van der Waals surface area contributed by atoms with Gasteiger partial charge in [-0.15, -0.1) is 0 Å². The molecule has 0 radical (unpaired) electrons. The van der Waals surface area contributed by atoms with Gasteiger partial charge in [0.2, 0.25) is 0 Å². The minimum absolute atomic E-state index is 0.280. The van der Waals surface area contributed by atoms with Gasteiger partial charge in [0.1, 0.15) is 0 Å². The van der Waals surface area contributed by atoms with Crippen molar-refractivity contribution in [2.45, 2.75) is 51.7 Å². The second kappa shape index (κ2) is 6.50. The maximum Gasteiger partial charge on any atom is 0.0787 e. The van der Waals surface area contributed by atoms with Crippen molar-refractivity contribution in [1.82, 2.24) is 15.1 Å². The lowest BCUT2D eigenvalue weighted by atomic mass is 9.95. The first-order valence-electron chi connectivity index (χ1n) is 7.50. The van der Waals surface area contributed by atoms with Crippen molar-refractivity contribution in [2.24, 2.45) is 7.05 Å². The monoisotopic (exact) mass is 297 g/mol. The largest absolute Gasteiger partial charge is 0.389 e. The molecule has 20 heavy (non-hydrogen) atoms. The van der Waals surface area contributed by atoms with Crippen molar-refractivity contribution in [1.29, 1.82) is 0 Å². The molecule has 1 aliphatic rings. The Morgan fingerprint density at radius 2 is 2.05 bits per heavy atom. The van der Waals surface area contributed by atoms with Gasteiger partial charge in [0.25, 0.3) is 0 Å². The van der Waals surface area contributed by atoms with Gasteiger partial charge in [-0.2, -0.15) is 16.9 Å². The Morgan fingerprint density at radius 3 is 2.55 bits per heavy atom. The van der Waals surface area contributed by atoms with E-state index in [1.807, 2.05) is 23.5 Å². The van der Waals surface area contributed by atoms with Crippen molar-refractivity contribution in [3.63, 3.8) is 0 Å². The topological polar surface area (TPSA) is 50.1 Å². The molecule has 0 saturated carbocycles. The molecule has 4 nitrogen and oxygen atoms in total. The van der Waals surface area contributed by atoms with Gasteiger partial charge in [0.05, 0.1) is 11.3 Å². The molecule has 1 aromatic rings. The maximum absolute atomic E-state index is 10.6. The van der Waals surface area contributed by atoms with Crippen LogP contribution in [0, 0.1) is 13.8 Å². The average molecular weight is 297 g/mol. The van der Waals surface area contributed by atoms with E-state index in [0.717, 1.165) is 36.5 Å². The number of nitrogens with one attached hydrogen (secondary N) is 1. The van der Waals surface area contributed by atoms with Gasteiger partial charge in [-0.1, -0.05) is 6.92 Å². The quantitative estimate of drug-likeness (QED) is 0.876. The molecule has 2 rings (SSSR count). The molecule has 1 atom stereocenters. The Labute approximate surface area is 126 Å². The summed E-state index contributed by atoms with van der Waals surface area (Å²) in [5, 5.41) is 18.7. The summed E-state index contributed by atoms with van der Waals surface area (Å²) in [5.74, 6) is 2.14. The maximum atomic E-state index is 10.6. The Hall–Kier alpha value is -0.520. The molecular formula is C15H27N3OS. The molecule has 1 aromatic heterocycles. The molecule has 2 heterocycles. The molecule has 0 aromatic carbocycles. The van der Waals surface area contributed by atoms with Crippen LogP contribution in [0.3, 0.4) is 0 Å². The van der Waals surface area contributed by atoms with Gasteiger partial charge in [-0.25, -0.2) is 0 Å². The molecule has 0 spiro atoms. The summed E-state index contributed by atoms with van der Waals surface area (Å²) in [4.78, 5) is 0. The zero-order valence-corrected chi connectivity index (χ0v) is 13.9. The van der Waals surface area contributed by atoms with E-state index >= 15 is 0 Å². The van der Waals surface area contributed by atoms with Crippen molar-refractivity contribution in [3.8, 4) is 0 Å². The summed E-state index contributed by atoms with van der Waals surface area (Å²) in [5.41, 5.74) is 3.08. The first kappa shape index (κ1) is 15.9. The molecular weight excluding hydrogens is 270 g/mol. The molecule has 2 N–H and O–H groups in total. The smallest absolute Gasteiger partial charge is 0.0787 e. The number of thioether (sulfide) groups is 1. The molecule has 1 fully saturated rings. The summed E-state index contributed by atoms with van der Waals surface area (Å²) in [7, 11) is 1.99. The van der Waals surface area contributed by atoms with E-state index in [2.05, 4.69) is 31.2 Å². The van der Waals surface area contributed by atoms with Crippen LogP contribution < -0.4 is 5.32 Å². The van der Waals surface area contributed by atoms with Gasteiger partial charge in [0.15, 0.2) is 0 Å². The molecule has 114 valence electrons. The van der Waals surface area contributed by atoms with Crippen molar-refractivity contribution >= 4 is 11.8 Å². The molecule has 0 bridgehead atoms. The lowest BCUT2D eigenvalue weighted by Gasteiger charge is -2.33. The third kappa shape index (κ3) is 3.38. The standard InChI is InChI=1S/C15H27N3OS/c1-5-13(14-11(2)17-18(4)12(14)3)16-10-15(19)6-8-20-9-7-15/h13,16,19H,5-10H2,1-4H3. The number of hydrogen-bond acceptors (Lipinski definition) is 4. The summed E-state index contributed by atoms with van der Waals surface area (Å²) in [6, 6.07) is 0.280. The van der Waals surface area contributed by atoms with E-state index in [4.69, 9.17) is 0 Å². The molecule has 1 unspecified atom stereocenters. The third-order valence-corrected chi connectivity index (χ3v) is 5.41. The SMILES string of the molecule is CCC(NCC1(O)CCSCC1)c1c(C)nn(C)c1C. The van der Waals surface area contributed by atoms with E-state index in [-0.39, 0.29) is 6.04 Å². The molecule has 0 amide bonds. The minimum Gasteiger partial charge on any atom is -0.389 e. The first-order chi connectivity index (χ1) is 9.47. The summed E-state index contributed by atoms with van der Waals surface area (Å²) in [6.07, 6.45) is 2.80. The third-order valence-electron chi connectivity index (χ3n) is 4.42. The van der Waals surface area contributed by atoms with Crippen LogP contribution in [0.4, 0.5) is 0 Å². The number of nitrogens with zero attached hydrogens (tertiary/aromatic N) is 2. The van der Waals surface area contributed by atoms with Crippen LogP contribution in [0.1, 0.15) is 49.2 Å². The highest BCUT2D eigenvalue weighted by Gasteiger charge is 2.30. The highest BCUT2D eigenvalue weighted by atomic mass is 32.2. The minimum atomic E-state index is -0.525. The predicted molar refractivity (Wildman–Crippen MR) is 85.2 cm³/mol. The van der Waals surface area contributed by atoms with Crippen LogP contribution >= 0.6 is 11.8 Å².